The van der Waals surface area contributed by atoms with E-state index in [-0.39, 0.29) is 12.1 Å². The van der Waals surface area contributed by atoms with E-state index in [0.717, 1.165) is 9.28 Å². The monoisotopic (exact) mass is 328 g/mol. The van der Waals surface area contributed by atoms with E-state index in [0.29, 0.717) is 11.8 Å². The second-order valence-corrected chi connectivity index (χ2v) is 4.20. The first-order valence-corrected chi connectivity index (χ1v) is 5.49. The fourth-order valence-corrected chi connectivity index (χ4v) is 2.04. The highest BCUT2D eigenvalue weighted by Gasteiger charge is 2.20. The van der Waals surface area contributed by atoms with Gasteiger partial charge < -0.3 is 10.1 Å². The molecule has 0 amide bonds. The van der Waals surface area contributed by atoms with Crippen LogP contribution in [0.4, 0.5) is 0 Å². The molecular formula is C8H10ClIN2O2. The van der Waals surface area contributed by atoms with Crippen molar-refractivity contribution in [1.29, 1.82) is 0 Å². The van der Waals surface area contributed by atoms with E-state index < -0.39 is 0 Å². The fourth-order valence-electron chi connectivity index (χ4n) is 1.08. The highest BCUT2D eigenvalue weighted by Crippen LogP contribution is 2.22. The summed E-state index contributed by atoms with van der Waals surface area (Å²) in [6.07, 6.45) is -0.316. The van der Waals surface area contributed by atoms with Gasteiger partial charge in [0, 0.05) is 6.92 Å². The number of nitrogens with one attached hydrogen (secondary N) is 1. The number of rotatable bonds is 2. The first-order chi connectivity index (χ1) is 6.52. The summed E-state index contributed by atoms with van der Waals surface area (Å²) in [4.78, 5) is 14.7. The Kier molecular flexibility index (Phi) is 4.18. The quantitative estimate of drug-likeness (QED) is 0.621. The molecule has 1 aliphatic rings. The molecule has 0 fully saturated rings. The zero-order chi connectivity index (χ0) is 10.7. The van der Waals surface area contributed by atoms with E-state index in [1.807, 2.05) is 0 Å². The Labute approximate surface area is 101 Å². The van der Waals surface area contributed by atoms with Gasteiger partial charge >= 0.3 is 5.97 Å². The van der Waals surface area contributed by atoms with E-state index in [2.05, 4.69) is 32.9 Å². The summed E-state index contributed by atoms with van der Waals surface area (Å²) in [5.74, 6) is -0.311. The van der Waals surface area contributed by atoms with Crippen LogP contribution in [0.2, 0.25) is 0 Å². The van der Waals surface area contributed by atoms with Crippen LogP contribution in [0.3, 0.4) is 0 Å². The molecular weight excluding hydrogens is 318 g/mol. The topological polar surface area (TPSA) is 50.7 Å². The zero-order valence-corrected chi connectivity index (χ0v) is 10.7. The van der Waals surface area contributed by atoms with Crippen molar-refractivity contribution >= 4 is 45.3 Å². The molecule has 0 saturated carbocycles. The predicted octanol–water partition coefficient (Wildman–Crippen LogP) is 1.78. The molecule has 0 radical (unpaired) electrons. The van der Waals surface area contributed by atoms with Gasteiger partial charge in [0.1, 0.15) is 17.9 Å². The minimum Gasteiger partial charge on any atom is -0.456 e. The third-order valence-corrected chi connectivity index (χ3v) is 3.37. The minimum atomic E-state index is -0.316. The van der Waals surface area contributed by atoms with Crippen LogP contribution in [-0.2, 0) is 9.53 Å². The summed E-state index contributed by atoms with van der Waals surface area (Å²) in [6.45, 7) is 3.59. The molecule has 0 spiro atoms. The molecule has 1 heterocycles. The van der Waals surface area contributed by atoms with Gasteiger partial charge in [-0.1, -0.05) is 11.6 Å². The number of hydrogen-bond acceptors (Lipinski definition) is 4. The maximum Gasteiger partial charge on any atom is 0.303 e. The average molecular weight is 329 g/mol. The Hall–Kier alpha value is -0.300. The second kappa shape index (κ2) is 4.97. The number of esters is 1. The van der Waals surface area contributed by atoms with Crippen molar-refractivity contribution in [2.24, 2.45) is 4.99 Å². The second-order valence-electron chi connectivity index (χ2n) is 2.76. The van der Waals surface area contributed by atoms with Crippen LogP contribution in [-0.4, -0.2) is 23.9 Å². The number of halogens is 2. The lowest BCUT2D eigenvalue weighted by atomic mass is 10.2. The fraction of sp³-hybridized carbons (Fsp3) is 0.500. The van der Waals surface area contributed by atoms with Crippen LogP contribution in [0.25, 0.3) is 0 Å². The summed E-state index contributed by atoms with van der Waals surface area (Å²) in [5.41, 5.74) is 0.806. The van der Waals surface area contributed by atoms with Gasteiger partial charge in [-0.15, -0.1) is 0 Å². The first kappa shape index (κ1) is 11.8. The van der Waals surface area contributed by atoms with Crippen LogP contribution in [0.1, 0.15) is 13.8 Å². The Bertz CT molecular complexity index is 314. The van der Waals surface area contributed by atoms with Crippen molar-refractivity contribution in [1.82, 2.24) is 5.32 Å². The van der Waals surface area contributed by atoms with Crippen LogP contribution < -0.4 is 5.32 Å². The standard InChI is InChI=1S/C8H10ClIN2O2/c1-4(14-5(2)13)7-6(10)8(9)12-3-11-7/h4,11H,3H2,1-2H3. The lowest BCUT2D eigenvalue weighted by Crippen LogP contribution is -2.30. The van der Waals surface area contributed by atoms with E-state index in [4.69, 9.17) is 16.3 Å². The minimum absolute atomic E-state index is 0.311. The van der Waals surface area contributed by atoms with Crippen molar-refractivity contribution in [2.75, 3.05) is 6.67 Å². The van der Waals surface area contributed by atoms with Crippen LogP contribution in [0.15, 0.2) is 14.3 Å². The number of carbonyl (C=O) groups is 1. The highest BCUT2D eigenvalue weighted by molar-refractivity contribution is 14.1. The van der Waals surface area contributed by atoms with Crippen molar-refractivity contribution in [3.8, 4) is 0 Å². The Balaban J connectivity index is 2.80. The van der Waals surface area contributed by atoms with Crippen LogP contribution in [0, 0.1) is 0 Å². The third kappa shape index (κ3) is 2.84. The van der Waals surface area contributed by atoms with Crippen LogP contribution in [0.5, 0.6) is 0 Å². The van der Waals surface area contributed by atoms with Gasteiger partial charge in [-0.2, -0.15) is 0 Å². The normalized spacial score (nSPS) is 18.4. The van der Waals surface area contributed by atoms with Crippen molar-refractivity contribution < 1.29 is 9.53 Å². The lowest BCUT2D eigenvalue weighted by molar-refractivity contribution is -0.144. The summed E-state index contributed by atoms with van der Waals surface area (Å²) in [7, 11) is 0. The predicted molar refractivity (Wildman–Crippen MR) is 63.6 cm³/mol. The molecule has 1 unspecified atom stereocenters. The summed E-state index contributed by atoms with van der Waals surface area (Å²) in [5, 5.41) is 3.48. The Morgan fingerprint density at radius 1 is 1.79 bits per heavy atom. The Morgan fingerprint density at radius 3 is 3.00 bits per heavy atom. The average Bonchev–Trinajstić information content (AvgIpc) is 2.08. The van der Waals surface area contributed by atoms with Gasteiger partial charge in [-0.05, 0) is 29.5 Å². The van der Waals surface area contributed by atoms with Gasteiger partial charge in [-0.3, -0.25) is 9.79 Å². The SMILES string of the molecule is CC(=O)OC(C)C1=C(I)C(Cl)=NCN1. The maximum absolute atomic E-state index is 10.7. The summed E-state index contributed by atoms with van der Waals surface area (Å²) in [6, 6.07) is 0. The molecule has 0 aromatic heterocycles. The molecule has 6 heteroatoms. The first-order valence-electron chi connectivity index (χ1n) is 4.03. The number of nitrogens with zero attached hydrogens (tertiary/aromatic N) is 1. The number of hydrogen-bond donors (Lipinski definition) is 1. The summed E-state index contributed by atoms with van der Waals surface area (Å²) < 4.78 is 5.83. The number of allylic oxidation sites excluding steroid dienone is 1. The van der Waals surface area contributed by atoms with Crippen molar-refractivity contribution in [2.45, 2.75) is 20.0 Å². The molecule has 0 aliphatic carbocycles. The lowest BCUT2D eigenvalue weighted by Gasteiger charge is -2.21. The van der Waals surface area contributed by atoms with Crippen molar-refractivity contribution in [3.63, 3.8) is 0 Å². The molecule has 14 heavy (non-hydrogen) atoms. The van der Waals surface area contributed by atoms with E-state index in [1.165, 1.54) is 6.92 Å². The van der Waals surface area contributed by atoms with E-state index >= 15 is 0 Å². The molecule has 0 aromatic rings. The molecule has 1 N–H and O–H groups in total. The van der Waals surface area contributed by atoms with Crippen LogP contribution >= 0.6 is 34.2 Å². The van der Waals surface area contributed by atoms with Crippen molar-refractivity contribution in [3.05, 3.63) is 9.28 Å². The van der Waals surface area contributed by atoms with Gasteiger partial charge in [0.2, 0.25) is 0 Å². The number of aliphatic imine (C=N–C) groups is 1. The molecule has 1 aliphatic heterocycles. The molecule has 0 saturated heterocycles. The van der Waals surface area contributed by atoms with Gasteiger partial charge in [-0.25, -0.2) is 0 Å². The molecule has 1 atom stereocenters. The Morgan fingerprint density at radius 2 is 2.43 bits per heavy atom. The molecule has 0 aromatic carbocycles. The van der Waals surface area contributed by atoms with Gasteiger partial charge in [0.25, 0.3) is 0 Å². The molecule has 0 bridgehead atoms. The zero-order valence-electron chi connectivity index (χ0n) is 7.80. The molecule has 78 valence electrons. The van der Waals surface area contributed by atoms with E-state index in [1.54, 1.807) is 6.92 Å². The van der Waals surface area contributed by atoms with E-state index in [9.17, 15) is 4.79 Å². The number of ether oxygens (including phenoxy) is 1. The largest absolute Gasteiger partial charge is 0.456 e. The number of carbonyl (C=O) groups excluding carboxylic acids is 1. The summed E-state index contributed by atoms with van der Waals surface area (Å²) >= 11 is 7.92. The molecule has 4 nitrogen and oxygen atoms in total. The molecule has 1 rings (SSSR count). The van der Waals surface area contributed by atoms with Gasteiger partial charge in [0.05, 0.1) is 9.28 Å². The van der Waals surface area contributed by atoms with Gasteiger partial charge in [0.15, 0.2) is 0 Å². The highest BCUT2D eigenvalue weighted by atomic mass is 127. The maximum atomic E-state index is 10.7. The smallest absolute Gasteiger partial charge is 0.303 e. The third-order valence-electron chi connectivity index (χ3n) is 1.65.